The van der Waals surface area contributed by atoms with Crippen LogP contribution < -0.4 is 20.9 Å². The number of hydroxylamine groups is 1. The van der Waals surface area contributed by atoms with Crippen molar-refractivity contribution in [1.82, 2.24) is 20.8 Å². The van der Waals surface area contributed by atoms with Crippen molar-refractivity contribution in [3.8, 4) is 16.9 Å². The van der Waals surface area contributed by atoms with Gasteiger partial charge in [-0.05, 0) is 86.9 Å². The Morgan fingerprint density at radius 1 is 0.698 bits per heavy atom. The Labute approximate surface area is 253 Å². The number of nitrogens with zero attached hydrogens (tertiary/aromatic N) is 2. The number of esters is 1. The maximum Gasteiger partial charge on any atom is 0.431 e. The second kappa shape index (κ2) is 14.4. The third-order valence-corrected chi connectivity index (χ3v) is 5.02. The zero-order valence-electron chi connectivity index (χ0n) is 26.7. The molecule has 2 amide bonds. The number of hydrogen-bond donors (Lipinski definition) is 3. The number of nitrogens with one attached hydrogen (secondary N) is 3. The number of carbonyl (C=O) groups is 3. The van der Waals surface area contributed by atoms with Crippen molar-refractivity contribution in [2.45, 2.75) is 91.6 Å². The second-order valence-corrected chi connectivity index (χ2v) is 12.9. The van der Waals surface area contributed by atoms with Gasteiger partial charge in [0, 0.05) is 31.0 Å². The van der Waals surface area contributed by atoms with Crippen LogP contribution in [-0.2, 0) is 23.8 Å². The lowest BCUT2D eigenvalue weighted by atomic mass is 10.1. The normalized spacial score (nSPS) is 13.3. The SMILES string of the molecule is CC(C)(C)OC(=O)NCCNc1ncc(-c2ccc(OCC(C)(ONC(=O)OC(C)(C)C)C(=O)OC(C)(C)C)cc2)cn1. The summed E-state index contributed by atoms with van der Waals surface area (Å²) in [5, 5.41) is 5.70. The number of amides is 2. The molecule has 0 bridgehead atoms. The molecule has 1 heterocycles. The molecule has 0 spiro atoms. The lowest BCUT2D eigenvalue weighted by Gasteiger charge is -2.31. The van der Waals surface area contributed by atoms with Crippen molar-refractivity contribution in [2.75, 3.05) is 25.0 Å². The van der Waals surface area contributed by atoms with Crippen LogP contribution in [-0.4, -0.2) is 70.2 Å². The Hall–Kier alpha value is -4.13. The summed E-state index contributed by atoms with van der Waals surface area (Å²) >= 11 is 0. The summed E-state index contributed by atoms with van der Waals surface area (Å²) in [5.41, 5.74) is -0.0144. The predicted molar refractivity (Wildman–Crippen MR) is 160 cm³/mol. The monoisotopic (exact) mass is 603 g/mol. The fraction of sp³-hybridized carbons (Fsp3) is 0.567. The maximum atomic E-state index is 13.0. The Bertz CT molecular complexity index is 1220. The van der Waals surface area contributed by atoms with Gasteiger partial charge in [-0.2, -0.15) is 5.48 Å². The highest BCUT2D eigenvalue weighted by molar-refractivity contribution is 5.80. The molecule has 238 valence electrons. The molecule has 13 nitrogen and oxygen atoms in total. The fourth-order valence-corrected chi connectivity index (χ4v) is 3.16. The van der Waals surface area contributed by atoms with Crippen LogP contribution in [0.4, 0.5) is 15.5 Å². The summed E-state index contributed by atoms with van der Waals surface area (Å²) < 4.78 is 21.7. The van der Waals surface area contributed by atoms with Gasteiger partial charge < -0.3 is 29.6 Å². The zero-order valence-corrected chi connectivity index (χ0v) is 26.7. The van der Waals surface area contributed by atoms with Crippen LogP contribution in [0, 0.1) is 0 Å². The van der Waals surface area contributed by atoms with Crippen molar-refractivity contribution in [2.24, 2.45) is 0 Å². The van der Waals surface area contributed by atoms with E-state index in [0.29, 0.717) is 24.8 Å². The minimum Gasteiger partial charge on any atom is -0.490 e. The van der Waals surface area contributed by atoms with E-state index in [4.69, 9.17) is 23.8 Å². The van der Waals surface area contributed by atoms with Gasteiger partial charge in [-0.1, -0.05) is 12.1 Å². The van der Waals surface area contributed by atoms with E-state index in [0.717, 1.165) is 11.1 Å². The minimum absolute atomic E-state index is 0.261. The smallest absolute Gasteiger partial charge is 0.431 e. The van der Waals surface area contributed by atoms with Crippen molar-refractivity contribution in [3.05, 3.63) is 36.7 Å². The molecule has 0 aliphatic heterocycles. The van der Waals surface area contributed by atoms with Gasteiger partial charge in [-0.3, -0.25) is 0 Å². The molecule has 1 aromatic carbocycles. The van der Waals surface area contributed by atoms with Crippen molar-refractivity contribution >= 4 is 24.1 Å². The summed E-state index contributed by atoms with van der Waals surface area (Å²) in [6, 6.07) is 7.08. The van der Waals surface area contributed by atoms with E-state index >= 15 is 0 Å². The first-order valence-electron chi connectivity index (χ1n) is 13.9. The van der Waals surface area contributed by atoms with E-state index in [9.17, 15) is 14.4 Å². The van der Waals surface area contributed by atoms with Crippen molar-refractivity contribution in [1.29, 1.82) is 0 Å². The third kappa shape index (κ3) is 13.6. The van der Waals surface area contributed by atoms with E-state index in [1.54, 1.807) is 86.8 Å². The molecular formula is C30H45N5O8. The number of benzene rings is 1. The highest BCUT2D eigenvalue weighted by atomic mass is 16.7. The van der Waals surface area contributed by atoms with Crippen molar-refractivity contribution in [3.63, 3.8) is 0 Å². The largest absolute Gasteiger partial charge is 0.490 e. The van der Waals surface area contributed by atoms with E-state index < -0.39 is 40.6 Å². The molecule has 1 atom stereocenters. The number of aromatic nitrogens is 2. The van der Waals surface area contributed by atoms with E-state index in [2.05, 4.69) is 26.1 Å². The molecule has 2 rings (SSSR count). The molecule has 0 radical (unpaired) electrons. The minimum atomic E-state index is -1.68. The molecule has 1 aromatic heterocycles. The number of hydrogen-bond acceptors (Lipinski definition) is 11. The summed E-state index contributed by atoms with van der Waals surface area (Å²) in [5.74, 6) is 0.145. The Morgan fingerprint density at radius 3 is 1.77 bits per heavy atom. The van der Waals surface area contributed by atoms with Crippen LogP contribution >= 0.6 is 0 Å². The fourth-order valence-electron chi connectivity index (χ4n) is 3.16. The van der Waals surface area contributed by atoms with Gasteiger partial charge in [0.05, 0.1) is 0 Å². The summed E-state index contributed by atoms with van der Waals surface area (Å²) in [4.78, 5) is 50.9. The van der Waals surface area contributed by atoms with Crippen LogP contribution in [0.5, 0.6) is 5.75 Å². The number of alkyl carbamates (subject to hydrolysis) is 1. The predicted octanol–water partition coefficient (Wildman–Crippen LogP) is 5.02. The third-order valence-electron chi connectivity index (χ3n) is 5.02. The zero-order chi connectivity index (χ0) is 32.5. The molecule has 0 saturated heterocycles. The first-order valence-corrected chi connectivity index (χ1v) is 13.9. The quantitative estimate of drug-likeness (QED) is 0.137. The van der Waals surface area contributed by atoms with Gasteiger partial charge in [-0.25, -0.2) is 29.2 Å². The molecule has 2 aromatic rings. The van der Waals surface area contributed by atoms with Crippen LogP contribution in [0.2, 0.25) is 0 Å². The van der Waals surface area contributed by atoms with Crippen LogP contribution in [0.15, 0.2) is 36.7 Å². The highest BCUT2D eigenvalue weighted by Gasteiger charge is 2.41. The number of ether oxygens (including phenoxy) is 4. The molecule has 43 heavy (non-hydrogen) atoms. The molecule has 13 heteroatoms. The Morgan fingerprint density at radius 2 is 1.23 bits per heavy atom. The lowest BCUT2D eigenvalue weighted by molar-refractivity contribution is -0.194. The molecule has 3 N–H and O–H groups in total. The molecular weight excluding hydrogens is 558 g/mol. The van der Waals surface area contributed by atoms with Crippen LogP contribution in [0.1, 0.15) is 69.2 Å². The number of carbonyl (C=O) groups excluding carboxylic acids is 3. The first-order chi connectivity index (χ1) is 19.7. The standard InChI is InChI=1S/C30H45N5O8/c1-27(2,3)40-23(36)30(10,43-35-26(38)42-29(7,8)9)19-39-22-13-11-20(12-14-22)21-17-33-24(34-18-21)31-15-16-32-25(37)41-28(4,5)6/h11-14,17-18H,15-16,19H2,1-10H3,(H,32,37)(H,35,38)(H,31,33,34). The van der Waals surface area contributed by atoms with Crippen LogP contribution in [0.25, 0.3) is 11.1 Å². The van der Waals surface area contributed by atoms with Gasteiger partial charge >= 0.3 is 18.2 Å². The Balaban J connectivity index is 1.97. The average molecular weight is 604 g/mol. The molecule has 0 aliphatic carbocycles. The van der Waals surface area contributed by atoms with Crippen LogP contribution in [0.3, 0.4) is 0 Å². The Kier molecular flexibility index (Phi) is 11.7. The van der Waals surface area contributed by atoms with Gasteiger partial charge in [0.25, 0.3) is 0 Å². The number of anilines is 1. The highest BCUT2D eigenvalue weighted by Crippen LogP contribution is 2.24. The van der Waals surface area contributed by atoms with E-state index in [1.165, 1.54) is 6.92 Å². The van der Waals surface area contributed by atoms with Gasteiger partial charge in [0.15, 0.2) is 0 Å². The number of rotatable bonds is 11. The molecule has 0 saturated carbocycles. The average Bonchev–Trinajstić information content (AvgIpc) is 2.86. The topological polar surface area (TPSA) is 159 Å². The maximum absolute atomic E-state index is 13.0. The van der Waals surface area contributed by atoms with E-state index in [-0.39, 0.29) is 6.61 Å². The first kappa shape index (κ1) is 35.1. The summed E-state index contributed by atoms with van der Waals surface area (Å²) in [6.45, 7) is 17.6. The molecule has 0 fully saturated rings. The van der Waals surface area contributed by atoms with Gasteiger partial charge in [-0.15, -0.1) is 0 Å². The molecule has 1 unspecified atom stereocenters. The van der Waals surface area contributed by atoms with Crippen molar-refractivity contribution < 1.29 is 38.2 Å². The van der Waals surface area contributed by atoms with Gasteiger partial charge in [0.1, 0.15) is 29.2 Å². The van der Waals surface area contributed by atoms with E-state index in [1.807, 2.05) is 12.1 Å². The van der Waals surface area contributed by atoms with Gasteiger partial charge in [0.2, 0.25) is 11.5 Å². The second-order valence-electron chi connectivity index (χ2n) is 12.9. The lowest BCUT2D eigenvalue weighted by Crippen LogP contribution is -2.52. The summed E-state index contributed by atoms with van der Waals surface area (Å²) in [7, 11) is 0. The summed E-state index contributed by atoms with van der Waals surface area (Å²) in [6.07, 6.45) is 2.00. The molecule has 0 aliphatic rings.